The fourth-order valence-corrected chi connectivity index (χ4v) is 8.06. The average Bonchev–Trinajstić information content (AvgIpc) is 3.27. The van der Waals surface area contributed by atoms with Crippen LogP contribution in [0.2, 0.25) is 0 Å². The molecule has 6 atom stereocenters. The molecule has 2 amide bonds. The van der Waals surface area contributed by atoms with Crippen LogP contribution in [0, 0.1) is 44.6 Å². The van der Waals surface area contributed by atoms with Crippen LogP contribution in [0.25, 0.3) is 6.08 Å². The number of carbonyl (C=O) groups excluding carboxylic acids is 3. The Labute approximate surface area is 229 Å². The van der Waals surface area contributed by atoms with Gasteiger partial charge in [-0.25, -0.2) is 0 Å². The molecule has 3 fully saturated rings. The molecule has 4 aliphatic carbocycles. The number of amides is 2. The lowest BCUT2D eigenvalue weighted by Crippen LogP contribution is -2.51. The maximum atomic E-state index is 13.3. The predicted molar refractivity (Wildman–Crippen MR) is 148 cm³/mol. The smallest absolute Gasteiger partial charge is 0.269 e. The lowest BCUT2D eigenvalue weighted by Gasteiger charge is -2.56. The molecule has 0 spiro atoms. The summed E-state index contributed by atoms with van der Waals surface area (Å²) in [5, 5.41) is 16.6. The number of nitro benzene ring substituents is 1. The average molecular weight is 532 g/mol. The highest BCUT2D eigenvalue weighted by Gasteiger charge is 2.59. The summed E-state index contributed by atoms with van der Waals surface area (Å²) in [7, 11) is 0. The minimum Gasteiger partial charge on any atom is -0.354 e. The Hall–Kier alpha value is -3.55. The van der Waals surface area contributed by atoms with E-state index in [1.54, 1.807) is 24.3 Å². The number of ketones is 1. The van der Waals surface area contributed by atoms with Crippen molar-refractivity contribution in [3.05, 3.63) is 69.8 Å². The maximum Gasteiger partial charge on any atom is 0.269 e. The van der Waals surface area contributed by atoms with Gasteiger partial charge in [0.2, 0.25) is 11.8 Å². The van der Waals surface area contributed by atoms with Crippen LogP contribution < -0.4 is 10.6 Å². The van der Waals surface area contributed by atoms with E-state index in [0.29, 0.717) is 36.4 Å². The highest BCUT2D eigenvalue weighted by Crippen LogP contribution is 2.65. The van der Waals surface area contributed by atoms with Gasteiger partial charge in [0.05, 0.1) is 4.92 Å². The van der Waals surface area contributed by atoms with Crippen molar-refractivity contribution in [2.24, 2.45) is 34.5 Å². The zero-order valence-electron chi connectivity index (χ0n) is 22.7. The molecule has 8 nitrogen and oxygen atoms in total. The quantitative estimate of drug-likeness (QED) is 0.228. The molecule has 0 aromatic heterocycles. The number of hydrogen-bond donors (Lipinski definition) is 2. The minimum atomic E-state index is -0.465. The maximum absolute atomic E-state index is 13.3. The summed E-state index contributed by atoms with van der Waals surface area (Å²) < 4.78 is 0. The normalized spacial score (nSPS) is 33.1. The van der Waals surface area contributed by atoms with Gasteiger partial charge in [0.25, 0.3) is 5.69 Å². The van der Waals surface area contributed by atoms with Crippen LogP contribution in [0.3, 0.4) is 0 Å². The number of nitrogens with zero attached hydrogens (tertiary/aromatic N) is 1. The van der Waals surface area contributed by atoms with Crippen LogP contribution in [0.1, 0.15) is 57.9 Å². The Morgan fingerprint density at radius 1 is 1.05 bits per heavy atom. The Morgan fingerprint density at radius 2 is 1.79 bits per heavy atom. The summed E-state index contributed by atoms with van der Waals surface area (Å²) >= 11 is 0. The fourth-order valence-electron chi connectivity index (χ4n) is 8.06. The summed E-state index contributed by atoms with van der Waals surface area (Å²) in [5.41, 5.74) is 1.92. The van der Waals surface area contributed by atoms with Gasteiger partial charge in [-0.15, -0.1) is 0 Å². The third kappa shape index (κ3) is 5.09. The zero-order valence-corrected chi connectivity index (χ0v) is 22.7. The molecule has 0 radical (unpaired) electrons. The van der Waals surface area contributed by atoms with E-state index in [1.165, 1.54) is 23.8 Å². The number of allylic oxidation sites excluding steroid dienone is 4. The molecule has 0 aliphatic heterocycles. The first kappa shape index (κ1) is 27.0. The number of nitro groups is 1. The van der Waals surface area contributed by atoms with Gasteiger partial charge in [0.15, 0.2) is 5.78 Å². The van der Waals surface area contributed by atoms with E-state index in [0.717, 1.165) is 38.5 Å². The van der Waals surface area contributed by atoms with E-state index in [9.17, 15) is 24.5 Å². The van der Waals surface area contributed by atoms with E-state index >= 15 is 0 Å². The molecule has 0 bridgehead atoms. The van der Waals surface area contributed by atoms with Gasteiger partial charge in [-0.2, -0.15) is 0 Å². The van der Waals surface area contributed by atoms with Crippen LogP contribution in [-0.4, -0.2) is 35.6 Å². The number of nitrogens with one attached hydrogen (secondary N) is 2. The van der Waals surface area contributed by atoms with Gasteiger partial charge in [-0.1, -0.05) is 25.5 Å². The molecular weight excluding hydrogens is 494 g/mol. The molecule has 3 saturated carbocycles. The summed E-state index contributed by atoms with van der Waals surface area (Å²) in [5.74, 6) is 1.50. The van der Waals surface area contributed by atoms with Crippen molar-refractivity contribution in [1.29, 1.82) is 0 Å². The number of hydrogen-bond acceptors (Lipinski definition) is 5. The van der Waals surface area contributed by atoms with Crippen molar-refractivity contribution in [2.75, 3.05) is 13.1 Å². The molecule has 0 heterocycles. The Morgan fingerprint density at radius 3 is 2.54 bits per heavy atom. The molecule has 8 heteroatoms. The highest BCUT2D eigenvalue weighted by atomic mass is 16.6. The first-order valence-electron chi connectivity index (χ1n) is 14.0. The first-order chi connectivity index (χ1) is 18.6. The van der Waals surface area contributed by atoms with Gasteiger partial charge in [-0.05, 0) is 97.6 Å². The second kappa shape index (κ2) is 10.5. The number of carbonyl (C=O) groups is 3. The molecule has 1 aromatic rings. The Balaban J connectivity index is 1.12. The number of benzene rings is 1. The Kier molecular flexibility index (Phi) is 7.31. The van der Waals surface area contributed by atoms with Gasteiger partial charge in [-0.3, -0.25) is 24.5 Å². The summed E-state index contributed by atoms with van der Waals surface area (Å²) in [6.45, 7) is 5.30. The van der Waals surface area contributed by atoms with E-state index < -0.39 is 4.92 Å². The standard InChI is InChI=1S/C31H37N3O5/c1-30-15-13-23(35)19-21(30)6-9-24-25-10-11-27(31(25,2)16-14-26(24)30)29(37)33-18-17-32-28(36)12-5-20-3-7-22(8-4-20)34(38)39/h3-5,7-8,12-13,15,19,24-27H,6,9-11,14,16-18H2,1-2H3,(H,32,36)(H,33,37)/b12-5+/t24-,25-,26-,27+,30-,31-/m0/s1. The van der Waals surface area contributed by atoms with Gasteiger partial charge < -0.3 is 10.6 Å². The molecule has 0 unspecified atom stereocenters. The summed E-state index contributed by atoms with van der Waals surface area (Å²) in [6, 6.07) is 5.96. The molecule has 4 aliphatic rings. The SMILES string of the molecule is C[C@]12CC[C@H]3[C@@H](CCC4=CC(=O)C=C[C@@]43C)[C@@H]1CC[C@@H]2C(=O)NCCNC(=O)/C=C/c1ccc([N+](=O)[O-])cc1. The third-order valence-corrected chi connectivity index (χ3v) is 10.1. The van der Waals surface area contributed by atoms with Crippen molar-refractivity contribution in [1.82, 2.24) is 10.6 Å². The second-order valence-corrected chi connectivity index (χ2v) is 12.0. The summed E-state index contributed by atoms with van der Waals surface area (Å²) in [4.78, 5) is 47.7. The van der Waals surface area contributed by atoms with E-state index in [4.69, 9.17) is 0 Å². The monoisotopic (exact) mass is 531 g/mol. The van der Waals surface area contributed by atoms with Crippen molar-refractivity contribution in [2.45, 2.75) is 52.4 Å². The summed E-state index contributed by atoms with van der Waals surface area (Å²) in [6.07, 6.45) is 14.9. The molecule has 2 N–H and O–H groups in total. The second-order valence-electron chi connectivity index (χ2n) is 12.0. The van der Waals surface area contributed by atoms with Crippen LogP contribution in [0.15, 0.2) is 54.1 Å². The lowest BCUT2D eigenvalue weighted by atomic mass is 9.48. The van der Waals surface area contributed by atoms with Gasteiger partial charge >= 0.3 is 0 Å². The largest absolute Gasteiger partial charge is 0.354 e. The van der Waals surface area contributed by atoms with Crippen molar-refractivity contribution in [3.63, 3.8) is 0 Å². The number of fused-ring (bicyclic) bond motifs is 5. The molecular formula is C31H37N3O5. The molecule has 0 saturated heterocycles. The molecule has 5 rings (SSSR count). The molecule has 206 valence electrons. The van der Waals surface area contributed by atoms with Gasteiger partial charge in [0.1, 0.15) is 0 Å². The first-order valence-corrected chi connectivity index (χ1v) is 14.0. The van der Waals surface area contributed by atoms with Crippen LogP contribution in [0.4, 0.5) is 5.69 Å². The van der Waals surface area contributed by atoms with E-state index in [-0.39, 0.29) is 40.0 Å². The van der Waals surface area contributed by atoms with E-state index in [2.05, 4.69) is 30.6 Å². The fraction of sp³-hybridized carbons (Fsp3) is 0.516. The van der Waals surface area contributed by atoms with Crippen LogP contribution in [-0.2, 0) is 14.4 Å². The number of non-ortho nitro benzene ring substituents is 1. The van der Waals surface area contributed by atoms with Crippen molar-refractivity contribution >= 4 is 29.4 Å². The molecule has 1 aromatic carbocycles. The van der Waals surface area contributed by atoms with Crippen molar-refractivity contribution < 1.29 is 19.3 Å². The van der Waals surface area contributed by atoms with E-state index in [1.807, 2.05) is 6.08 Å². The van der Waals surface area contributed by atoms with Gasteiger partial charge in [0, 0.05) is 42.6 Å². The Bertz CT molecular complexity index is 1270. The molecule has 39 heavy (non-hydrogen) atoms. The third-order valence-electron chi connectivity index (χ3n) is 10.1. The number of rotatable bonds is 7. The topological polar surface area (TPSA) is 118 Å². The van der Waals surface area contributed by atoms with Crippen molar-refractivity contribution in [3.8, 4) is 0 Å². The minimum absolute atomic E-state index is 0.00112. The highest BCUT2D eigenvalue weighted by molar-refractivity contribution is 6.01. The van der Waals surface area contributed by atoms with Crippen LogP contribution in [0.5, 0.6) is 0 Å². The lowest BCUT2D eigenvalue weighted by molar-refractivity contribution is -0.384. The predicted octanol–water partition coefficient (Wildman–Crippen LogP) is 4.76. The zero-order chi connectivity index (χ0) is 27.8. The van der Waals surface area contributed by atoms with Crippen LogP contribution >= 0.6 is 0 Å².